The minimum Gasteiger partial charge on any atom is -0.380 e. The van der Waals surface area contributed by atoms with E-state index in [1.807, 2.05) is 13.8 Å². The molecule has 0 aliphatic heterocycles. The van der Waals surface area contributed by atoms with E-state index >= 15 is 0 Å². The summed E-state index contributed by atoms with van der Waals surface area (Å²) in [5.74, 6) is 0.835. The van der Waals surface area contributed by atoms with Crippen LogP contribution in [0.3, 0.4) is 0 Å². The van der Waals surface area contributed by atoms with Gasteiger partial charge in [-0.2, -0.15) is 0 Å². The maximum atomic E-state index is 5.18. The molecular formula is C9H15N3O. The van der Waals surface area contributed by atoms with Crippen molar-refractivity contribution in [1.82, 2.24) is 9.97 Å². The van der Waals surface area contributed by atoms with Crippen LogP contribution in [0.25, 0.3) is 0 Å². The zero-order chi connectivity index (χ0) is 9.52. The average Bonchev–Trinajstić information content (AvgIpc) is 2.15. The molecule has 0 aromatic carbocycles. The lowest BCUT2D eigenvalue weighted by Gasteiger charge is -2.06. The van der Waals surface area contributed by atoms with Gasteiger partial charge in [0.25, 0.3) is 0 Å². The minimum absolute atomic E-state index is 0.701. The summed E-state index contributed by atoms with van der Waals surface area (Å²) in [5.41, 5.74) is 0.916. The van der Waals surface area contributed by atoms with Gasteiger partial charge < -0.3 is 10.1 Å². The van der Waals surface area contributed by atoms with Crippen LogP contribution in [0, 0.1) is 6.92 Å². The maximum absolute atomic E-state index is 5.18. The number of aromatic nitrogens is 2. The third-order valence-corrected chi connectivity index (χ3v) is 1.62. The second-order valence-electron chi connectivity index (χ2n) is 2.61. The fourth-order valence-corrected chi connectivity index (χ4v) is 0.967. The van der Waals surface area contributed by atoms with Gasteiger partial charge in [0.15, 0.2) is 0 Å². The van der Waals surface area contributed by atoms with Gasteiger partial charge in [-0.25, -0.2) is 4.98 Å². The van der Waals surface area contributed by atoms with Crippen molar-refractivity contribution < 1.29 is 4.74 Å². The molecule has 1 heterocycles. The van der Waals surface area contributed by atoms with Crippen LogP contribution in [0.15, 0.2) is 12.4 Å². The largest absolute Gasteiger partial charge is 0.380 e. The number of aryl methyl sites for hydroxylation is 1. The van der Waals surface area contributed by atoms with Gasteiger partial charge in [0.1, 0.15) is 5.82 Å². The molecule has 13 heavy (non-hydrogen) atoms. The van der Waals surface area contributed by atoms with Crippen molar-refractivity contribution in [1.29, 1.82) is 0 Å². The molecule has 4 nitrogen and oxygen atoms in total. The van der Waals surface area contributed by atoms with E-state index in [2.05, 4.69) is 15.3 Å². The molecule has 1 rings (SSSR count). The summed E-state index contributed by atoms with van der Waals surface area (Å²) < 4.78 is 5.18. The first kappa shape index (κ1) is 9.92. The van der Waals surface area contributed by atoms with E-state index in [0.717, 1.165) is 24.7 Å². The van der Waals surface area contributed by atoms with Crippen molar-refractivity contribution in [3.05, 3.63) is 18.1 Å². The van der Waals surface area contributed by atoms with Crippen LogP contribution < -0.4 is 5.32 Å². The third-order valence-electron chi connectivity index (χ3n) is 1.62. The maximum Gasteiger partial charge on any atom is 0.147 e. The Morgan fingerprint density at radius 3 is 2.85 bits per heavy atom. The van der Waals surface area contributed by atoms with Crippen LogP contribution in [-0.4, -0.2) is 29.7 Å². The average molecular weight is 181 g/mol. The highest BCUT2D eigenvalue weighted by molar-refractivity contribution is 5.37. The van der Waals surface area contributed by atoms with Crippen LogP contribution >= 0.6 is 0 Å². The summed E-state index contributed by atoms with van der Waals surface area (Å²) in [6.45, 7) is 6.13. The quantitative estimate of drug-likeness (QED) is 0.694. The van der Waals surface area contributed by atoms with Crippen LogP contribution in [0.1, 0.15) is 12.6 Å². The molecule has 1 N–H and O–H groups in total. The van der Waals surface area contributed by atoms with E-state index < -0.39 is 0 Å². The van der Waals surface area contributed by atoms with Crippen LogP contribution in [0.5, 0.6) is 0 Å². The summed E-state index contributed by atoms with van der Waals surface area (Å²) in [7, 11) is 0. The van der Waals surface area contributed by atoms with Gasteiger partial charge in [0.2, 0.25) is 0 Å². The fourth-order valence-electron chi connectivity index (χ4n) is 0.967. The third kappa shape index (κ3) is 3.38. The first-order valence-corrected chi connectivity index (χ1v) is 4.43. The lowest BCUT2D eigenvalue weighted by Crippen LogP contribution is -2.11. The Hall–Kier alpha value is -1.16. The van der Waals surface area contributed by atoms with Gasteiger partial charge in [-0.1, -0.05) is 0 Å². The SMILES string of the molecule is CCOCCNc1nccnc1C. The number of nitrogens with zero attached hydrogens (tertiary/aromatic N) is 2. The molecule has 0 saturated carbocycles. The van der Waals surface area contributed by atoms with Crippen molar-refractivity contribution in [3.63, 3.8) is 0 Å². The van der Waals surface area contributed by atoms with E-state index in [1.54, 1.807) is 12.4 Å². The topological polar surface area (TPSA) is 47.0 Å². The van der Waals surface area contributed by atoms with Crippen molar-refractivity contribution in [2.75, 3.05) is 25.1 Å². The molecule has 0 spiro atoms. The number of nitrogens with one attached hydrogen (secondary N) is 1. The summed E-state index contributed by atoms with van der Waals surface area (Å²) in [6, 6.07) is 0. The van der Waals surface area contributed by atoms with Gasteiger partial charge >= 0.3 is 0 Å². The predicted molar refractivity (Wildman–Crippen MR) is 51.8 cm³/mol. The Kier molecular flexibility index (Phi) is 4.18. The smallest absolute Gasteiger partial charge is 0.147 e. The molecule has 0 unspecified atom stereocenters. The standard InChI is InChI=1S/C9H15N3O/c1-3-13-7-6-12-9-8(2)10-4-5-11-9/h4-5H,3,6-7H2,1-2H3,(H,11,12). The lowest BCUT2D eigenvalue weighted by atomic mass is 10.4. The summed E-state index contributed by atoms with van der Waals surface area (Å²) in [6.07, 6.45) is 3.36. The number of hydrogen-bond acceptors (Lipinski definition) is 4. The van der Waals surface area contributed by atoms with E-state index in [-0.39, 0.29) is 0 Å². The molecule has 0 amide bonds. The zero-order valence-electron chi connectivity index (χ0n) is 8.08. The Labute approximate surface area is 78.4 Å². The first-order chi connectivity index (χ1) is 6.34. The Balaban J connectivity index is 2.32. The Morgan fingerprint density at radius 2 is 2.15 bits per heavy atom. The number of rotatable bonds is 5. The van der Waals surface area contributed by atoms with Gasteiger partial charge in [-0.3, -0.25) is 4.98 Å². The number of hydrogen-bond donors (Lipinski definition) is 1. The second kappa shape index (κ2) is 5.48. The highest BCUT2D eigenvalue weighted by Crippen LogP contribution is 2.04. The highest BCUT2D eigenvalue weighted by Gasteiger charge is 1.96. The Bertz CT molecular complexity index is 252. The zero-order valence-corrected chi connectivity index (χ0v) is 8.08. The molecule has 0 radical (unpaired) electrons. The van der Waals surface area contributed by atoms with E-state index in [1.165, 1.54) is 0 Å². The molecule has 72 valence electrons. The lowest BCUT2D eigenvalue weighted by molar-refractivity contribution is 0.158. The summed E-state index contributed by atoms with van der Waals surface area (Å²) >= 11 is 0. The van der Waals surface area contributed by atoms with Gasteiger partial charge in [-0.05, 0) is 13.8 Å². The second-order valence-corrected chi connectivity index (χ2v) is 2.61. The molecule has 0 aliphatic rings. The molecule has 0 saturated heterocycles. The molecule has 1 aromatic rings. The monoisotopic (exact) mass is 181 g/mol. The molecule has 4 heteroatoms. The van der Waals surface area contributed by atoms with E-state index in [0.29, 0.717) is 6.61 Å². The van der Waals surface area contributed by atoms with Crippen LogP contribution in [-0.2, 0) is 4.74 Å². The highest BCUT2D eigenvalue weighted by atomic mass is 16.5. The van der Waals surface area contributed by atoms with Gasteiger partial charge in [0, 0.05) is 25.5 Å². The molecule has 0 atom stereocenters. The number of ether oxygens (including phenoxy) is 1. The van der Waals surface area contributed by atoms with Crippen molar-refractivity contribution >= 4 is 5.82 Å². The van der Waals surface area contributed by atoms with Crippen molar-refractivity contribution in [2.45, 2.75) is 13.8 Å². The van der Waals surface area contributed by atoms with Crippen molar-refractivity contribution in [3.8, 4) is 0 Å². The first-order valence-electron chi connectivity index (χ1n) is 4.43. The number of anilines is 1. The molecule has 1 aromatic heterocycles. The normalized spacial score (nSPS) is 10.0. The van der Waals surface area contributed by atoms with Gasteiger partial charge in [-0.15, -0.1) is 0 Å². The van der Waals surface area contributed by atoms with E-state index in [9.17, 15) is 0 Å². The Morgan fingerprint density at radius 1 is 1.38 bits per heavy atom. The summed E-state index contributed by atoms with van der Waals surface area (Å²) in [4.78, 5) is 8.26. The molecular weight excluding hydrogens is 166 g/mol. The van der Waals surface area contributed by atoms with Crippen LogP contribution in [0.4, 0.5) is 5.82 Å². The summed E-state index contributed by atoms with van der Waals surface area (Å²) in [5, 5.41) is 3.15. The van der Waals surface area contributed by atoms with Gasteiger partial charge in [0.05, 0.1) is 12.3 Å². The molecule has 0 bridgehead atoms. The molecule has 0 aliphatic carbocycles. The fraction of sp³-hybridized carbons (Fsp3) is 0.556. The van der Waals surface area contributed by atoms with E-state index in [4.69, 9.17) is 4.74 Å². The van der Waals surface area contributed by atoms with Crippen LogP contribution in [0.2, 0.25) is 0 Å². The predicted octanol–water partition coefficient (Wildman–Crippen LogP) is 1.23. The minimum atomic E-state index is 0.701. The van der Waals surface area contributed by atoms with Crippen molar-refractivity contribution in [2.24, 2.45) is 0 Å². The molecule has 0 fully saturated rings.